The molecule has 8 nitrogen and oxygen atoms in total. The van der Waals surface area contributed by atoms with Gasteiger partial charge in [0.05, 0.1) is 6.61 Å². The molecule has 1 amide bonds. The normalized spacial score (nSPS) is 14.8. The van der Waals surface area contributed by atoms with E-state index in [4.69, 9.17) is 4.74 Å². The fourth-order valence-corrected chi connectivity index (χ4v) is 4.15. The third-order valence-corrected chi connectivity index (χ3v) is 5.93. The van der Waals surface area contributed by atoms with Crippen molar-refractivity contribution in [1.82, 2.24) is 24.7 Å². The first-order chi connectivity index (χ1) is 15.2. The molecule has 0 bridgehead atoms. The molecule has 1 aliphatic heterocycles. The second kappa shape index (κ2) is 10.3. The molecular formula is C23H30N6O2. The molecule has 0 radical (unpaired) electrons. The van der Waals surface area contributed by atoms with Crippen molar-refractivity contribution < 1.29 is 9.53 Å². The number of carbonyl (C=O) groups is 1. The van der Waals surface area contributed by atoms with Gasteiger partial charge in [-0.3, -0.25) is 4.79 Å². The predicted molar refractivity (Wildman–Crippen MR) is 119 cm³/mol. The number of anilines is 1. The molecular weight excluding hydrogens is 392 g/mol. The highest BCUT2D eigenvalue weighted by Crippen LogP contribution is 2.24. The molecule has 0 aliphatic carbocycles. The van der Waals surface area contributed by atoms with E-state index in [0.29, 0.717) is 13.2 Å². The second-order valence-corrected chi connectivity index (χ2v) is 7.99. The number of aromatic nitrogens is 4. The summed E-state index contributed by atoms with van der Waals surface area (Å²) >= 11 is 0. The molecule has 1 aliphatic rings. The van der Waals surface area contributed by atoms with Crippen molar-refractivity contribution >= 4 is 17.4 Å². The maximum absolute atomic E-state index is 13.2. The zero-order valence-corrected chi connectivity index (χ0v) is 18.1. The van der Waals surface area contributed by atoms with E-state index in [2.05, 4.69) is 44.5 Å². The molecule has 1 saturated heterocycles. The summed E-state index contributed by atoms with van der Waals surface area (Å²) in [7, 11) is 1.69. The summed E-state index contributed by atoms with van der Waals surface area (Å²) < 4.78 is 6.94. The van der Waals surface area contributed by atoms with Crippen LogP contribution in [-0.4, -0.2) is 70.5 Å². The van der Waals surface area contributed by atoms with Gasteiger partial charge in [-0.1, -0.05) is 30.3 Å². The number of hydrogen-bond acceptors (Lipinski definition) is 6. The summed E-state index contributed by atoms with van der Waals surface area (Å²) in [5.41, 5.74) is 2.05. The van der Waals surface area contributed by atoms with E-state index in [9.17, 15) is 4.79 Å². The van der Waals surface area contributed by atoms with Gasteiger partial charge in [0.15, 0.2) is 5.65 Å². The second-order valence-electron chi connectivity index (χ2n) is 7.99. The number of hydrogen-bond donors (Lipinski definition) is 0. The minimum absolute atomic E-state index is 0.0588. The van der Waals surface area contributed by atoms with Crippen LogP contribution in [0.1, 0.15) is 24.8 Å². The summed E-state index contributed by atoms with van der Waals surface area (Å²) in [6, 6.07) is 14.3. The first-order valence-corrected chi connectivity index (χ1v) is 11.0. The van der Waals surface area contributed by atoms with Crippen LogP contribution in [0.15, 0.2) is 48.8 Å². The van der Waals surface area contributed by atoms with Gasteiger partial charge in [-0.05, 0) is 43.4 Å². The smallest absolute Gasteiger partial charge is 0.225 e. The monoisotopic (exact) mass is 422 g/mol. The van der Waals surface area contributed by atoms with Crippen molar-refractivity contribution in [3.05, 3.63) is 54.4 Å². The van der Waals surface area contributed by atoms with Gasteiger partial charge in [-0.15, -0.1) is 15.3 Å². The maximum Gasteiger partial charge on any atom is 0.225 e. The molecule has 1 aromatic carbocycles. The average Bonchev–Trinajstić information content (AvgIpc) is 3.29. The van der Waals surface area contributed by atoms with E-state index in [-0.39, 0.29) is 11.8 Å². The molecule has 1 fully saturated rings. The molecule has 2 aromatic heterocycles. The van der Waals surface area contributed by atoms with E-state index in [1.54, 1.807) is 18.0 Å². The summed E-state index contributed by atoms with van der Waals surface area (Å²) in [5, 5.41) is 12.5. The van der Waals surface area contributed by atoms with Crippen LogP contribution in [0, 0.1) is 5.92 Å². The summed E-state index contributed by atoms with van der Waals surface area (Å²) in [4.78, 5) is 17.5. The Morgan fingerprint density at radius 1 is 1.13 bits per heavy atom. The topological polar surface area (TPSA) is 75.9 Å². The largest absolute Gasteiger partial charge is 0.383 e. The number of amides is 1. The Kier molecular flexibility index (Phi) is 7.09. The van der Waals surface area contributed by atoms with Crippen LogP contribution in [-0.2, 0) is 16.0 Å². The van der Waals surface area contributed by atoms with Gasteiger partial charge < -0.3 is 14.5 Å². The summed E-state index contributed by atoms with van der Waals surface area (Å²) in [6.45, 7) is 3.62. The van der Waals surface area contributed by atoms with E-state index in [0.717, 1.165) is 56.8 Å². The highest BCUT2D eigenvalue weighted by atomic mass is 16.5. The maximum atomic E-state index is 13.2. The van der Waals surface area contributed by atoms with Crippen molar-refractivity contribution in [3.8, 4) is 0 Å². The van der Waals surface area contributed by atoms with Crippen molar-refractivity contribution in [2.45, 2.75) is 25.7 Å². The zero-order chi connectivity index (χ0) is 21.5. The molecule has 164 valence electrons. The van der Waals surface area contributed by atoms with E-state index in [1.807, 2.05) is 23.1 Å². The van der Waals surface area contributed by atoms with Gasteiger partial charge in [-0.25, -0.2) is 0 Å². The lowest BCUT2D eigenvalue weighted by molar-refractivity contribution is -0.136. The molecule has 0 unspecified atom stereocenters. The highest BCUT2D eigenvalue weighted by Gasteiger charge is 2.29. The Balaban J connectivity index is 1.31. The molecule has 3 aromatic rings. The minimum Gasteiger partial charge on any atom is -0.383 e. The van der Waals surface area contributed by atoms with Crippen LogP contribution in [0.4, 0.5) is 5.82 Å². The molecule has 0 spiro atoms. The number of piperidine rings is 1. The molecule has 4 rings (SSSR count). The highest BCUT2D eigenvalue weighted by molar-refractivity contribution is 5.79. The van der Waals surface area contributed by atoms with Crippen molar-refractivity contribution in [2.24, 2.45) is 5.92 Å². The Morgan fingerprint density at radius 2 is 1.94 bits per heavy atom. The summed E-state index contributed by atoms with van der Waals surface area (Å²) in [6.07, 6.45) is 5.22. The lowest BCUT2D eigenvalue weighted by Crippen LogP contribution is -2.44. The Morgan fingerprint density at radius 3 is 2.71 bits per heavy atom. The molecule has 0 saturated carbocycles. The average molecular weight is 423 g/mol. The number of nitrogens with zero attached hydrogens (tertiary/aromatic N) is 6. The number of rotatable bonds is 9. The van der Waals surface area contributed by atoms with Gasteiger partial charge in [-0.2, -0.15) is 4.52 Å². The van der Waals surface area contributed by atoms with Crippen LogP contribution in [0.5, 0.6) is 0 Å². The number of methoxy groups -OCH3 is 1. The predicted octanol–water partition coefficient (Wildman–Crippen LogP) is 2.45. The molecule has 0 atom stereocenters. The Bertz CT molecular complexity index is 968. The SMILES string of the molecule is COCCN(CCCc1ccccc1)C(=O)C1CCN(c2ccc3nncn3n2)CC1. The van der Waals surface area contributed by atoms with Gasteiger partial charge >= 0.3 is 0 Å². The molecule has 31 heavy (non-hydrogen) atoms. The minimum atomic E-state index is 0.0588. The third-order valence-electron chi connectivity index (χ3n) is 5.93. The lowest BCUT2D eigenvalue weighted by atomic mass is 9.95. The van der Waals surface area contributed by atoms with E-state index >= 15 is 0 Å². The van der Waals surface area contributed by atoms with E-state index in [1.165, 1.54) is 5.56 Å². The molecule has 8 heteroatoms. The van der Waals surface area contributed by atoms with Crippen LogP contribution in [0.2, 0.25) is 0 Å². The number of fused-ring (bicyclic) bond motifs is 1. The number of benzene rings is 1. The van der Waals surface area contributed by atoms with Gasteiger partial charge in [0.1, 0.15) is 12.1 Å². The standard InChI is InChI=1S/C23H30N6O2/c1-31-17-16-28(13-5-8-19-6-3-2-4-7-19)23(30)20-11-14-27(15-12-20)22-10-9-21-25-24-18-29(21)26-22/h2-4,6-7,9-10,18,20H,5,8,11-17H2,1H3. The number of ether oxygens (including phenoxy) is 1. The zero-order valence-electron chi connectivity index (χ0n) is 18.1. The molecule has 3 heterocycles. The van der Waals surface area contributed by atoms with Crippen LogP contribution < -0.4 is 4.90 Å². The Labute approximate surface area is 182 Å². The van der Waals surface area contributed by atoms with E-state index < -0.39 is 0 Å². The third kappa shape index (κ3) is 5.38. The van der Waals surface area contributed by atoms with Gasteiger partial charge in [0.25, 0.3) is 0 Å². The fraction of sp³-hybridized carbons (Fsp3) is 0.478. The van der Waals surface area contributed by atoms with Crippen molar-refractivity contribution in [3.63, 3.8) is 0 Å². The van der Waals surface area contributed by atoms with Gasteiger partial charge in [0, 0.05) is 39.2 Å². The van der Waals surface area contributed by atoms with Crippen LogP contribution in [0.3, 0.4) is 0 Å². The fourth-order valence-electron chi connectivity index (χ4n) is 4.15. The van der Waals surface area contributed by atoms with Crippen molar-refractivity contribution in [2.75, 3.05) is 44.8 Å². The first-order valence-electron chi connectivity index (χ1n) is 11.0. The van der Waals surface area contributed by atoms with Crippen LogP contribution in [0.25, 0.3) is 5.65 Å². The quantitative estimate of drug-likeness (QED) is 0.527. The van der Waals surface area contributed by atoms with Crippen molar-refractivity contribution in [1.29, 1.82) is 0 Å². The Hall–Kier alpha value is -3.00. The summed E-state index contributed by atoms with van der Waals surface area (Å²) in [5.74, 6) is 1.22. The first kappa shape index (κ1) is 21.2. The lowest BCUT2D eigenvalue weighted by Gasteiger charge is -2.34. The van der Waals surface area contributed by atoms with Gasteiger partial charge in [0.2, 0.25) is 5.91 Å². The molecule has 0 N–H and O–H groups in total. The van der Waals surface area contributed by atoms with Crippen LogP contribution >= 0.6 is 0 Å². The number of carbonyl (C=O) groups excluding carboxylic acids is 1. The number of aryl methyl sites for hydroxylation is 1.